The first-order chi connectivity index (χ1) is 11.9. The number of halogens is 3. The molecule has 4 rings (SSSR count). The first kappa shape index (κ1) is 16.2. The maximum absolute atomic E-state index is 13.5. The van der Waals surface area contributed by atoms with Crippen LogP contribution in [0.15, 0.2) is 47.7 Å². The number of methoxy groups -OCH3 is 2. The molecule has 0 spiro atoms. The van der Waals surface area contributed by atoms with Crippen LogP contribution in [0.5, 0.6) is 5.75 Å². The highest BCUT2D eigenvalue weighted by Gasteiger charge is 2.61. The van der Waals surface area contributed by atoms with Crippen molar-refractivity contribution < 1.29 is 32.1 Å². The molecule has 7 heteroatoms. The fourth-order valence-electron chi connectivity index (χ4n) is 3.46. The van der Waals surface area contributed by atoms with Crippen molar-refractivity contribution in [2.75, 3.05) is 14.2 Å². The summed E-state index contributed by atoms with van der Waals surface area (Å²) >= 11 is 0. The molecule has 2 heterocycles. The van der Waals surface area contributed by atoms with Crippen LogP contribution in [0.25, 0.3) is 10.8 Å². The van der Waals surface area contributed by atoms with Gasteiger partial charge < -0.3 is 18.9 Å². The quantitative estimate of drug-likeness (QED) is 0.768. The second-order valence-electron chi connectivity index (χ2n) is 5.90. The summed E-state index contributed by atoms with van der Waals surface area (Å²) in [5.74, 6) is -2.57. The minimum atomic E-state index is -4.67. The number of benzene rings is 2. The molecule has 1 unspecified atom stereocenters. The third-order valence-corrected chi connectivity index (χ3v) is 4.61. The Labute approximate surface area is 141 Å². The topological polar surface area (TPSA) is 36.9 Å². The van der Waals surface area contributed by atoms with E-state index in [1.165, 1.54) is 14.2 Å². The van der Waals surface area contributed by atoms with E-state index in [1.807, 2.05) is 30.3 Å². The molecule has 4 nitrogen and oxygen atoms in total. The average Bonchev–Trinajstić information content (AvgIpc) is 2.94. The molecule has 0 bridgehead atoms. The van der Waals surface area contributed by atoms with E-state index in [2.05, 4.69) is 0 Å². The van der Waals surface area contributed by atoms with Gasteiger partial charge in [0.1, 0.15) is 5.75 Å². The molecular weight excluding hydrogens is 337 g/mol. The van der Waals surface area contributed by atoms with E-state index >= 15 is 0 Å². The number of ether oxygens (including phenoxy) is 4. The minimum absolute atomic E-state index is 0.0277. The SMILES string of the molecule is COC1(OC)OC(C(F)(F)F)=C2Cc3c(ccc4ccccc34)OC21. The Balaban J connectivity index is 1.91. The molecule has 0 saturated heterocycles. The Morgan fingerprint density at radius 1 is 1.08 bits per heavy atom. The molecule has 0 fully saturated rings. The smallest absolute Gasteiger partial charge is 0.449 e. The van der Waals surface area contributed by atoms with Crippen LogP contribution >= 0.6 is 0 Å². The summed E-state index contributed by atoms with van der Waals surface area (Å²) in [6.45, 7) is 0. The lowest BCUT2D eigenvalue weighted by Crippen LogP contribution is -2.49. The highest BCUT2D eigenvalue weighted by molar-refractivity contribution is 5.88. The fraction of sp³-hybridized carbons (Fsp3) is 0.333. The van der Waals surface area contributed by atoms with Crippen molar-refractivity contribution in [3.05, 3.63) is 53.3 Å². The van der Waals surface area contributed by atoms with E-state index in [-0.39, 0.29) is 12.0 Å². The van der Waals surface area contributed by atoms with Crippen LogP contribution in [-0.4, -0.2) is 32.5 Å². The van der Waals surface area contributed by atoms with Gasteiger partial charge in [0.15, 0.2) is 0 Å². The molecule has 1 atom stereocenters. The van der Waals surface area contributed by atoms with E-state index in [4.69, 9.17) is 18.9 Å². The average molecular weight is 352 g/mol. The third-order valence-electron chi connectivity index (χ3n) is 4.61. The van der Waals surface area contributed by atoms with Gasteiger partial charge in [0.2, 0.25) is 11.9 Å². The molecule has 0 radical (unpaired) electrons. The minimum Gasteiger partial charge on any atom is -0.476 e. The normalized spacial score (nSPS) is 21.6. The number of alkyl halides is 3. The summed E-state index contributed by atoms with van der Waals surface area (Å²) < 4.78 is 61.7. The van der Waals surface area contributed by atoms with Gasteiger partial charge in [0, 0.05) is 31.8 Å². The van der Waals surface area contributed by atoms with E-state index in [0.29, 0.717) is 11.3 Å². The molecule has 2 aromatic rings. The molecule has 0 N–H and O–H groups in total. The summed E-state index contributed by atoms with van der Waals surface area (Å²) in [6.07, 6.45) is -5.75. The molecule has 0 saturated carbocycles. The van der Waals surface area contributed by atoms with Gasteiger partial charge in [-0.3, -0.25) is 0 Å². The van der Waals surface area contributed by atoms with Crippen LogP contribution in [-0.2, 0) is 20.6 Å². The van der Waals surface area contributed by atoms with Crippen molar-refractivity contribution in [3.63, 3.8) is 0 Å². The summed E-state index contributed by atoms with van der Waals surface area (Å²) in [6, 6.07) is 11.1. The zero-order valence-electron chi connectivity index (χ0n) is 13.5. The predicted molar refractivity (Wildman–Crippen MR) is 83.0 cm³/mol. The first-order valence-electron chi connectivity index (χ1n) is 7.66. The monoisotopic (exact) mass is 352 g/mol. The zero-order chi connectivity index (χ0) is 17.8. The number of hydrogen-bond acceptors (Lipinski definition) is 4. The second-order valence-corrected chi connectivity index (χ2v) is 5.90. The summed E-state index contributed by atoms with van der Waals surface area (Å²) in [4.78, 5) is 0. The van der Waals surface area contributed by atoms with Crippen molar-refractivity contribution in [1.29, 1.82) is 0 Å². The van der Waals surface area contributed by atoms with Crippen LogP contribution in [0.1, 0.15) is 5.56 Å². The van der Waals surface area contributed by atoms with Gasteiger partial charge in [-0.05, 0) is 16.8 Å². The number of allylic oxidation sites excluding steroid dienone is 1. The number of hydrogen-bond donors (Lipinski definition) is 0. The van der Waals surface area contributed by atoms with E-state index in [1.54, 1.807) is 6.07 Å². The highest BCUT2D eigenvalue weighted by atomic mass is 19.4. The third kappa shape index (κ3) is 2.30. The Kier molecular flexibility index (Phi) is 3.49. The summed E-state index contributed by atoms with van der Waals surface area (Å²) in [5, 5.41) is 1.78. The van der Waals surface area contributed by atoms with Gasteiger partial charge in [-0.25, -0.2) is 0 Å². The Bertz CT molecular complexity index is 868. The molecular formula is C18H15F3O4. The van der Waals surface area contributed by atoms with Gasteiger partial charge in [-0.1, -0.05) is 30.3 Å². The van der Waals surface area contributed by atoms with Gasteiger partial charge in [-0.2, -0.15) is 13.2 Å². The standard InChI is InChI=1S/C18H15F3O4/c1-22-18(23-2)16-13(15(25-18)17(19,20)21)9-12-11-6-4-3-5-10(11)7-8-14(12)24-16/h3-8,16H,9H2,1-2H3. The fourth-order valence-corrected chi connectivity index (χ4v) is 3.46. The van der Waals surface area contributed by atoms with E-state index in [0.717, 1.165) is 10.8 Å². The van der Waals surface area contributed by atoms with Crippen LogP contribution < -0.4 is 4.74 Å². The van der Waals surface area contributed by atoms with Crippen molar-refractivity contribution in [2.24, 2.45) is 0 Å². The largest absolute Gasteiger partial charge is 0.476 e. The van der Waals surface area contributed by atoms with Gasteiger partial charge in [0.25, 0.3) is 0 Å². The van der Waals surface area contributed by atoms with Crippen LogP contribution in [0, 0.1) is 0 Å². The molecule has 132 valence electrons. The van der Waals surface area contributed by atoms with Gasteiger partial charge in [-0.15, -0.1) is 0 Å². The van der Waals surface area contributed by atoms with Crippen LogP contribution in [0.2, 0.25) is 0 Å². The molecule has 25 heavy (non-hydrogen) atoms. The second kappa shape index (κ2) is 5.37. The molecule has 0 aliphatic carbocycles. The molecule has 0 amide bonds. The maximum atomic E-state index is 13.5. The number of fused-ring (bicyclic) bond motifs is 4. The summed E-state index contributed by atoms with van der Waals surface area (Å²) in [5.41, 5.74) is 0.665. The van der Waals surface area contributed by atoms with Crippen molar-refractivity contribution in [1.82, 2.24) is 0 Å². The molecule has 0 aromatic heterocycles. The molecule has 2 aliphatic heterocycles. The maximum Gasteiger partial charge on any atom is 0.449 e. The summed E-state index contributed by atoms with van der Waals surface area (Å²) in [7, 11) is 2.44. The van der Waals surface area contributed by atoms with Crippen LogP contribution in [0.4, 0.5) is 13.2 Å². The first-order valence-corrected chi connectivity index (χ1v) is 7.66. The number of rotatable bonds is 2. The Morgan fingerprint density at radius 2 is 1.80 bits per heavy atom. The highest BCUT2D eigenvalue weighted by Crippen LogP contribution is 2.49. The Morgan fingerprint density at radius 3 is 2.48 bits per heavy atom. The predicted octanol–water partition coefficient (Wildman–Crippen LogP) is 3.94. The Hall–Kier alpha value is -2.25. The van der Waals surface area contributed by atoms with Crippen LogP contribution in [0.3, 0.4) is 0 Å². The van der Waals surface area contributed by atoms with Crippen molar-refractivity contribution in [2.45, 2.75) is 24.7 Å². The molecule has 2 aromatic carbocycles. The van der Waals surface area contributed by atoms with Gasteiger partial charge in [0.05, 0.1) is 0 Å². The lowest BCUT2D eigenvalue weighted by molar-refractivity contribution is -0.370. The van der Waals surface area contributed by atoms with Gasteiger partial charge >= 0.3 is 12.1 Å². The lowest BCUT2D eigenvalue weighted by atomic mass is 9.91. The van der Waals surface area contributed by atoms with Crippen molar-refractivity contribution >= 4 is 10.8 Å². The molecule has 2 aliphatic rings. The zero-order valence-corrected chi connectivity index (χ0v) is 13.5. The van der Waals surface area contributed by atoms with E-state index in [9.17, 15) is 13.2 Å². The lowest BCUT2D eigenvalue weighted by Gasteiger charge is -2.34. The van der Waals surface area contributed by atoms with Crippen molar-refractivity contribution in [3.8, 4) is 5.75 Å². The van der Waals surface area contributed by atoms with E-state index < -0.39 is 24.0 Å².